The Morgan fingerprint density at radius 2 is 1.92 bits per heavy atom. The van der Waals surface area contributed by atoms with Gasteiger partial charge in [-0.15, -0.1) is 0 Å². The van der Waals surface area contributed by atoms with Gasteiger partial charge in [0.25, 0.3) is 0 Å². The van der Waals surface area contributed by atoms with Crippen molar-refractivity contribution in [1.82, 2.24) is 9.97 Å². The maximum absolute atomic E-state index is 4.38. The van der Waals surface area contributed by atoms with E-state index in [1.54, 1.807) is 6.33 Å². The minimum absolute atomic E-state index is 0.537. The van der Waals surface area contributed by atoms with Crippen LogP contribution >= 0.6 is 0 Å². The summed E-state index contributed by atoms with van der Waals surface area (Å²) >= 11 is 0. The van der Waals surface area contributed by atoms with Crippen LogP contribution in [0.3, 0.4) is 0 Å². The van der Waals surface area contributed by atoms with Crippen LogP contribution in [0.5, 0.6) is 0 Å². The summed E-state index contributed by atoms with van der Waals surface area (Å²) in [7, 11) is 0. The van der Waals surface area contributed by atoms with Crippen molar-refractivity contribution in [3.05, 3.63) is 23.3 Å². The molecule has 2 heteroatoms. The highest BCUT2D eigenvalue weighted by molar-refractivity contribution is 5.28. The molecule has 0 radical (unpaired) electrons. The van der Waals surface area contributed by atoms with E-state index in [4.69, 9.17) is 0 Å². The summed E-state index contributed by atoms with van der Waals surface area (Å²) in [4.78, 5) is 8.73. The van der Waals surface area contributed by atoms with Crippen molar-refractivity contribution in [3.8, 4) is 0 Å². The fourth-order valence-corrected chi connectivity index (χ4v) is 2.04. The van der Waals surface area contributed by atoms with Gasteiger partial charge in [0, 0.05) is 11.4 Å². The third-order valence-corrected chi connectivity index (χ3v) is 2.71. The smallest absolute Gasteiger partial charge is 0.115 e. The Balaban J connectivity index is 2.46. The second-order valence-corrected chi connectivity index (χ2v) is 4.05. The quantitative estimate of drug-likeness (QED) is 0.657. The van der Waals surface area contributed by atoms with Crippen molar-refractivity contribution >= 4 is 0 Å². The Morgan fingerprint density at radius 1 is 1.15 bits per heavy atom. The molecule has 1 heterocycles. The van der Waals surface area contributed by atoms with Gasteiger partial charge in [-0.05, 0) is 37.2 Å². The van der Waals surface area contributed by atoms with Gasteiger partial charge in [-0.2, -0.15) is 0 Å². The van der Waals surface area contributed by atoms with Crippen LogP contribution < -0.4 is 0 Å². The highest BCUT2D eigenvalue weighted by Gasteiger charge is 2.16. The monoisotopic (exact) mass is 176 g/mol. The molecule has 0 N–H and O–H groups in total. The van der Waals surface area contributed by atoms with Gasteiger partial charge in [-0.3, -0.25) is 0 Å². The molecule has 2 rings (SSSR count). The molecule has 2 nitrogen and oxygen atoms in total. The van der Waals surface area contributed by atoms with Crippen molar-refractivity contribution in [2.75, 3.05) is 0 Å². The first kappa shape index (κ1) is 8.67. The molecule has 1 aromatic rings. The first-order valence-corrected chi connectivity index (χ1v) is 5.11. The Kier molecular flexibility index (Phi) is 2.30. The van der Waals surface area contributed by atoms with Crippen molar-refractivity contribution in [2.24, 2.45) is 0 Å². The van der Waals surface area contributed by atoms with E-state index < -0.39 is 0 Å². The average Bonchev–Trinajstić information content (AvgIpc) is 2.17. The Morgan fingerprint density at radius 3 is 2.69 bits per heavy atom. The van der Waals surface area contributed by atoms with E-state index in [1.807, 2.05) is 0 Å². The Bertz CT molecular complexity index is 305. The highest BCUT2D eigenvalue weighted by atomic mass is 14.8. The highest BCUT2D eigenvalue weighted by Crippen LogP contribution is 2.25. The molecule has 1 aliphatic rings. The van der Waals surface area contributed by atoms with E-state index in [2.05, 4.69) is 23.8 Å². The number of rotatable bonds is 1. The topological polar surface area (TPSA) is 25.8 Å². The number of hydrogen-bond donors (Lipinski definition) is 0. The maximum atomic E-state index is 4.38. The van der Waals surface area contributed by atoms with Gasteiger partial charge in [0.05, 0.1) is 0 Å². The summed E-state index contributed by atoms with van der Waals surface area (Å²) in [5, 5.41) is 0. The van der Waals surface area contributed by atoms with Gasteiger partial charge >= 0.3 is 0 Å². The zero-order chi connectivity index (χ0) is 9.26. The molecule has 0 aromatic carbocycles. The molecule has 0 aliphatic heterocycles. The number of aromatic nitrogens is 2. The average molecular weight is 176 g/mol. The largest absolute Gasteiger partial charge is 0.241 e. The molecule has 1 aromatic heterocycles. The predicted octanol–water partition coefficient (Wildman–Crippen LogP) is 2.48. The van der Waals surface area contributed by atoms with Gasteiger partial charge in [0.2, 0.25) is 0 Å². The second kappa shape index (κ2) is 3.44. The molecule has 0 bridgehead atoms. The molecular formula is C11H16N2. The molecular weight excluding hydrogens is 160 g/mol. The summed E-state index contributed by atoms with van der Waals surface area (Å²) in [5.41, 5.74) is 4.00. The summed E-state index contributed by atoms with van der Waals surface area (Å²) in [6, 6.07) is 0. The van der Waals surface area contributed by atoms with E-state index in [0.29, 0.717) is 5.92 Å². The van der Waals surface area contributed by atoms with Crippen LogP contribution in [0, 0.1) is 0 Å². The Labute approximate surface area is 79.4 Å². The standard InChI is InChI=1S/C11H16N2/c1-8(2)11-9-5-3-4-6-10(9)12-7-13-11/h7-8H,3-6H2,1-2H3. The fraction of sp³-hybridized carbons (Fsp3) is 0.636. The van der Waals surface area contributed by atoms with Crippen molar-refractivity contribution in [3.63, 3.8) is 0 Å². The van der Waals surface area contributed by atoms with Gasteiger partial charge in [-0.25, -0.2) is 9.97 Å². The molecule has 0 amide bonds. The number of aryl methyl sites for hydroxylation is 1. The van der Waals surface area contributed by atoms with E-state index in [9.17, 15) is 0 Å². The molecule has 0 atom stereocenters. The van der Waals surface area contributed by atoms with Crippen LogP contribution in [0.2, 0.25) is 0 Å². The second-order valence-electron chi connectivity index (χ2n) is 4.05. The molecule has 70 valence electrons. The minimum Gasteiger partial charge on any atom is -0.241 e. The van der Waals surface area contributed by atoms with Crippen LogP contribution in [0.4, 0.5) is 0 Å². The zero-order valence-corrected chi connectivity index (χ0v) is 8.38. The van der Waals surface area contributed by atoms with E-state index in [0.717, 1.165) is 6.42 Å². The van der Waals surface area contributed by atoms with E-state index in [1.165, 1.54) is 36.2 Å². The third kappa shape index (κ3) is 1.58. The summed E-state index contributed by atoms with van der Waals surface area (Å²) in [5.74, 6) is 0.537. The molecule has 0 saturated carbocycles. The zero-order valence-electron chi connectivity index (χ0n) is 8.38. The number of fused-ring (bicyclic) bond motifs is 1. The fourth-order valence-electron chi connectivity index (χ4n) is 2.04. The van der Waals surface area contributed by atoms with Gasteiger partial charge in [0.15, 0.2) is 0 Å². The van der Waals surface area contributed by atoms with E-state index in [-0.39, 0.29) is 0 Å². The van der Waals surface area contributed by atoms with Crippen LogP contribution in [-0.4, -0.2) is 9.97 Å². The van der Waals surface area contributed by atoms with Crippen LogP contribution in [0.25, 0.3) is 0 Å². The summed E-state index contributed by atoms with van der Waals surface area (Å²) in [6.07, 6.45) is 6.66. The van der Waals surface area contributed by atoms with Gasteiger partial charge in [0.1, 0.15) is 6.33 Å². The van der Waals surface area contributed by atoms with Gasteiger partial charge in [-0.1, -0.05) is 13.8 Å². The number of nitrogens with zero attached hydrogens (tertiary/aromatic N) is 2. The Hall–Kier alpha value is -0.920. The number of hydrogen-bond acceptors (Lipinski definition) is 2. The van der Waals surface area contributed by atoms with Gasteiger partial charge < -0.3 is 0 Å². The molecule has 0 saturated heterocycles. The van der Waals surface area contributed by atoms with Crippen molar-refractivity contribution in [2.45, 2.75) is 45.4 Å². The maximum Gasteiger partial charge on any atom is 0.115 e. The normalized spacial score (nSPS) is 15.9. The van der Waals surface area contributed by atoms with Crippen LogP contribution in [0.1, 0.15) is 49.6 Å². The van der Waals surface area contributed by atoms with Crippen molar-refractivity contribution in [1.29, 1.82) is 0 Å². The van der Waals surface area contributed by atoms with Crippen LogP contribution in [0.15, 0.2) is 6.33 Å². The predicted molar refractivity (Wildman–Crippen MR) is 52.8 cm³/mol. The molecule has 13 heavy (non-hydrogen) atoms. The summed E-state index contributed by atoms with van der Waals surface area (Å²) < 4.78 is 0. The minimum atomic E-state index is 0.537. The SMILES string of the molecule is CC(C)c1ncnc2c1CCCC2. The molecule has 1 aliphatic carbocycles. The van der Waals surface area contributed by atoms with E-state index >= 15 is 0 Å². The lowest BCUT2D eigenvalue weighted by Crippen LogP contribution is -2.11. The van der Waals surface area contributed by atoms with Crippen molar-refractivity contribution < 1.29 is 0 Å². The molecule has 0 fully saturated rings. The molecule has 0 unspecified atom stereocenters. The lowest BCUT2D eigenvalue weighted by molar-refractivity contribution is 0.640. The molecule has 0 spiro atoms. The lowest BCUT2D eigenvalue weighted by atomic mass is 9.91. The first-order valence-electron chi connectivity index (χ1n) is 5.11. The lowest BCUT2D eigenvalue weighted by Gasteiger charge is -2.18. The van der Waals surface area contributed by atoms with Crippen LogP contribution in [-0.2, 0) is 12.8 Å². The third-order valence-electron chi connectivity index (χ3n) is 2.71. The first-order chi connectivity index (χ1) is 6.29. The summed E-state index contributed by atoms with van der Waals surface area (Å²) in [6.45, 7) is 4.41.